The number of aliphatic imine (C=N–C) groups is 1. The highest BCUT2D eigenvalue weighted by Gasteiger charge is 2.11. The number of rotatable bonds is 9. The van der Waals surface area contributed by atoms with E-state index < -0.39 is 6.61 Å². The first kappa shape index (κ1) is 21.9. The maximum absolute atomic E-state index is 12.5. The van der Waals surface area contributed by atoms with Gasteiger partial charge >= 0.3 is 6.61 Å². The zero-order chi connectivity index (χ0) is 20.5. The molecule has 0 aliphatic carbocycles. The number of halogens is 2. The van der Waals surface area contributed by atoms with Gasteiger partial charge in [-0.25, -0.2) is 9.98 Å². The van der Waals surface area contributed by atoms with Crippen molar-refractivity contribution < 1.29 is 18.3 Å². The number of thiazole rings is 1. The summed E-state index contributed by atoms with van der Waals surface area (Å²) in [5.41, 5.74) is 1.86. The molecule has 2 N–H and O–H groups in total. The number of nitrogens with zero attached hydrogens (tertiary/aromatic N) is 2. The largest absolute Gasteiger partial charge is 0.493 e. The maximum atomic E-state index is 12.5. The van der Waals surface area contributed by atoms with Crippen molar-refractivity contribution in [2.24, 2.45) is 4.99 Å². The van der Waals surface area contributed by atoms with Crippen molar-refractivity contribution in [1.82, 2.24) is 15.6 Å². The molecule has 0 spiro atoms. The van der Waals surface area contributed by atoms with E-state index in [1.54, 1.807) is 23.5 Å². The Morgan fingerprint density at radius 1 is 1.25 bits per heavy atom. The lowest BCUT2D eigenvalue weighted by atomic mass is 10.1. The highest BCUT2D eigenvalue weighted by atomic mass is 32.1. The average molecular weight is 413 g/mol. The summed E-state index contributed by atoms with van der Waals surface area (Å²) in [4.78, 5) is 10.1. The lowest BCUT2D eigenvalue weighted by Gasteiger charge is -2.13. The second kappa shape index (κ2) is 10.8. The molecule has 0 saturated heterocycles. The van der Waals surface area contributed by atoms with Crippen molar-refractivity contribution >= 4 is 17.3 Å². The van der Waals surface area contributed by atoms with Gasteiger partial charge in [-0.15, -0.1) is 11.3 Å². The van der Waals surface area contributed by atoms with Crippen LogP contribution in [-0.4, -0.2) is 37.8 Å². The van der Waals surface area contributed by atoms with Crippen LogP contribution < -0.4 is 20.1 Å². The number of ether oxygens (including phenoxy) is 2. The van der Waals surface area contributed by atoms with Gasteiger partial charge in [-0.3, -0.25) is 0 Å². The van der Waals surface area contributed by atoms with Crippen LogP contribution in [0.3, 0.4) is 0 Å². The van der Waals surface area contributed by atoms with E-state index in [2.05, 4.69) is 25.3 Å². The van der Waals surface area contributed by atoms with E-state index >= 15 is 0 Å². The quantitative estimate of drug-likeness (QED) is 0.486. The molecule has 0 radical (unpaired) electrons. The number of alkyl halides is 2. The fourth-order valence-electron chi connectivity index (χ4n) is 2.60. The Labute approximate surface area is 168 Å². The molecule has 0 aliphatic rings. The fraction of sp³-hybridized carbons (Fsp3) is 0.474. The summed E-state index contributed by atoms with van der Waals surface area (Å²) in [7, 11) is 1.42. The molecule has 0 aliphatic heterocycles. The van der Waals surface area contributed by atoms with Gasteiger partial charge in [-0.1, -0.05) is 6.07 Å². The van der Waals surface area contributed by atoms with Crippen LogP contribution in [-0.2, 0) is 13.0 Å². The van der Waals surface area contributed by atoms with E-state index in [4.69, 9.17) is 4.74 Å². The highest BCUT2D eigenvalue weighted by Crippen LogP contribution is 2.29. The van der Waals surface area contributed by atoms with Crippen LogP contribution in [0, 0.1) is 13.8 Å². The Morgan fingerprint density at radius 2 is 2.04 bits per heavy atom. The number of hydrogen-bond acceptors (Lipinski definition) is 5. The summed E-state index contributed by atoms with van der Waals surface area (Å²) >= 11 is 1.64. The van der Waals surface area contributed by atoms with Gasteiger partial charge < -0.3 is 20.1 Å². The Balaban J connectivity index is 1.96. The summed E-state index contributed by atoms with van der Waals surface area (Å²) in [5.74, 6) is 1.01. The van der Waals surface area contributed by atoms with Crippen molar-refractivity contribution in [3.05, 3.63) is 39.3 Å². The number of nitrogens with one attached hydrogen (secondary N) is 2. The summed E-state index contributed by atoms with van der Waals surface area (Å²) in [6.45, 7) is 4.95. The molecular formula is C19H26F2N4O2S. The van der Waals surface area contributed by atoms with E-state index in [1.165, 1.54) is 7.11 Å². The zero-order valence-electron chi connectivity index (χ0n) is 16.5. The van der Waals surface area contributed by atoms with E-state index in [9.17, 15) is 8.78 Å². The van der Waals surface area contributed by atoms with Gasteiger partial charge in [0.15, 0.2) is 17.5 Å². The molecule has 0 amide bonds. The van der Waals surface area contributed by atoms with Crippen LogP contribution in [0.5, 0.6) is 11.5 Å². The van der Waals surface area contributed by atoms with Crippen LogP contribution >= 0.6 is 11.3 Å². The van der Waals surface area contributed by atoms with Gasteiger partial charge in [0.05, 0.1) is 24.4 Å². The first-order chi connectivity index (χ1) is 13.4. The molecule has 0 bridgehead atoms. The minimum Gasteiger partial charge on any atom is -0.493 e. The number of guanidine groups is 1. The van der Waals surface area contributed by atoms with Gasteiger partial charge in [0.1, 0.15) is 0 Å². The van der Waals surface area contributed by atoms with E-state index in [0.29, 0.717) is 25.5 Å². The van der Waals surface area contributed by atoms with Crippen molar-refractivity contribution in [2.75, 3.05) is 20.2 Å². The summed E-state index contributed by atoms with van der Waals surface area (Å²) in [6, 6.07) is 5.02. The van der Waals surface area contributed by atoms with Gasteiger partial charge in [0.25, 0.3) is 0 Å². The summed E-state index contributed by atoms with van der Waals surface area (Å²) in [5, 5.41) is 7.49. The molecule has 1 heterocycles. The topological polar surface area (TPSA) is 67.8 Å². The standard InChI is InChI=1S/C19H26F2N4O2S/c1-5-22-19(24-11-17-12(2)25-13(3)28-17)23-9-8-14-6-7-15(26-4)16(10-14)27-18(20)21/h6-7,10,18H,5,8-9,11H2,1-4H3,(H2,22,23,24). The average Bonchev–Trinajstić information content (AvgIpc) is 2.96. The van der Waals surface area contributed by atoms with Crippen LogP contribution in [0.2, 0.25) is 0 Å². The Bertz CT molecular complexity index is 796. The molecule has 0 atom stereocenters. The normalized spacial score (nSPS) is 11.6. The third-order valence-electron chi connectivity index (χ3n) is 3.87. The van der Waals surface area contributed by atoms with Crippen molar-refractivity contribution in [1.29, 1.82) is 0 Å². The molecule has 9 heteroatoms. The smallest absolute Gasteiger partial charge is 0.387 e. The van der Waals surface area contributed by atoms with Crippen LogP contribution in [0.15, 0.2) is 23.2 Å². The summed E-state index contributed by atoms with van der Waals surface area (Å²) < 4.78 is 34.7. The lowest BCUT2D eigenvalue weighted by molar-refractivity contribution is -0.0512. The van der Waals surface area contributed by atoms with E-state index in [0.717, 1.165) is 27.7 Å². The number of benzene rings is 1. The van der Waals surface area contributed by atoms with Crippen molar-refractivity contribution in [3.8, 4) is 11.5 Å². The second-order valence-corrected chi connectivity index (χ2v) is 7.26. The lowest BCUT2D eigenvalue weighted by Crippen LogP contribution is -2.38. The molecule has 0 saturated carbocycles. The Hall–Kier alpha value is -2.42. The van der Waals surface area contributed by atoms with Gasteiger partial charge in [0.2, 0.25) is 0 Å². The number of aryl methyl sites for hydroxylation is 2. The third kappa shape index (κ3) is 6.63. The first-order valence-electron chi connectivity index (χ1n) is 8.99. The molecular weight excluding hydrogens is 386 g/mol. The number of aromatic nitrogens is 1. The minimum atomic E-state index is -2.89. The van der Waals surface area contributed by atoms with Crippen molar-refractivity contribution in [3.63, 3.8) is 0 Å². The van der Waals surface area contributed by atoms with Gasteiger partial charge in [-0.2, -0.15) is 8.78 Å². The minimum absolute atomic E-state index is 0.0339. The molecule has 1 aromatic heterocycles. The highest BCUT2D eigenvalue weighted by molar-refractivity contribution is 7.11. The second-order valence-electron chi connectivity index (χ2n) is 5.98. The number of hydrogen-bond donors (Lipinski definition) is 2. The molecule has 0 unspecified atom stereocenters. The summed E-state index contributed by atoms with van der Waals surface area (Å²) in [6.07, 6.45) is 0.618. The van der Waals surface area contributed by atoms with Gasteiger partial charge in [0, 0.05) is 18.0 Å². The Morgan fingerprint density at radius 3 is 2.64 bits per heavy atom. The molecule has 1 aromatic carbocycles. The fourth-order valence-corrected chi connectivity index (χ4v) is 3.46. The zero-order valence-corrected chi connectivity index (χ0v) is 17.3. The molecule has 0 fully saturated rings. The predicted octanol–water partition coefficient (Wildman–Crippen LogP) is 3.67. The van der Waals surface area contributed by atoms with Crippen LogP contribution in [0.1, 0.15) is 28.1 Å². The monoisotopic (exact) mass is 412 g/mol. The van der Waals surface area contributed by atoms with Crippen molar-refractivity contribution in [2.45, 2.75) is 40.3 Å². The van der Waals surface area contributed by atoms with E-state index in [1.807, 2.05) is 26.8 Å². The van der Waals surface area contributed by atoms with Gasteiger partial charge in [-0.05, 0) is 44.9 Å². The van der Waals surface area contributed by atoms with Crippen LogP contribution in [0.4, 0.5) is 8.78 Å². The van der Waals surface area contributed by atoms with Crippen LogP contribution in [0.25, 0.3) is 0 Å². The van der Waals surface area contributed by atoms with E-state index in [-0.39, 0.29) is 11.5 Å². The molecule has 2 aromatic rings. The SMILES string of the molecule is CCNC(=NCc1sc(C)nc1C)NCCc1ccc(OC)c(OC(F)F)c1. The molecule has 154 valence electrons. The Kier molecular flexibility index (Phi) is 8.43. The molecule has 28 heavy (non-hydrogen) atoms. The predicted molar refractivity (Wildman–Crippen MR) is 108 cm³/mol. The first-order valence-corrected chi connectivity index (χ1v) is 9.81. The maximum Gasteiger partial charge on any atom is 0.387 e. The molecule has 2 rings (SSSR count). The number of methoxy groups -OCH3 is 1. The third-order valence-corrected chi connectivity index (χ3v) is 4.93. The molecule has 6 nitrogen and oxygen atoms in total.